The van der Waals surface area contributed by atoms with E-state index in [9.17, 15) is 22.8 Å². The van der Waals surface area contributed by atoms with Gasteiger partial charge in [0.15, 0.2) is 0 Å². The predicted molar refractivity (Wildman–Crippen MR) is 100 cm³/mol. The van der Waals surface area contributed by atoms with Crippen molar-refractivity contribution in [3.8, 4) is 5.75 Å². The zero-order valence-electron chi connectivity index (χ0n) is 14.9. The lowest BCUT2D eigenvalue weighted by Gasteiger charge is -2.10. The molecule has 3 aromatic rings. The first-order chi connectivity index (χ1) is 13.9. The topological polar surface area (TPSA) is 67.4 Å². The second kappa shape index (κ2) is 8.92. The average Bonchev–Trinajstić information content (AvgIpc) is 2.68. The Morgan fingerprint density at radius 3 is 2.07 bits per heavy atom. The molecule has 0 aliphatic carbocycles. The number of hydrogen-bond acceptors (Lipinski definition) is 3. The normalized spacial score (nSPS) is 10.3. The van der Waals surface area contributed by atoms with Crippen LogP contribution in [0.15, 0.2) is 66.7 Å². The number of carbonyl (C=O) groups excluding carboxylic acids is 2. The first-order valence-corrected chi connectivity index (χ1v) is 8.46. The molecule has 148 valence electrons. The van der Waals surface area contributed by atoms with Gasteiger partial charge in [-0.05, 0) is 54.1 Å². The van der Waals surface area contributed by atoms with Crippen molar-refractivity contribution in [2.24, 2.45) is 0 Å². The lowest BCUT2D eigenvalue weighted by Crippen LogP contribution is -2.35. The number of rotatable bonds is 5. The van der Waals surface area contributed by atoms with Gasteiger partial charge in [0.2, 0.25) is 0 Å². The minimum Gasteiger partial charge on any atom is -0.489 e. The molecule has 0 radical (unpaired) electrons. The van der Waals surface area contributed by atoms with Crippen molar-refractivity contribution in [1.82, 2.24) is 5.32 Å². The molecule has 0 heterocycles. The van der Waals surface area contributed by atoms with Gasteiger partial charge >= 0.3 is 6.03 Å². The van der Waals surface area contributed by atoms with Crippen LogP contribution < -0.4 is 15.4 Å². The van der Waals surface area contributed by atoms with E-state index in [4.69, 9.17) is 4.74 Å². The number of halogens is 3. The lowest BCUT2D eigenvalue weighted by molar-refractivity contribution is 0.0959. The van der Waals surface area contributed by atoms with Gasteiger partial charge in [0, 0.05) is 5.69 Å². The van der Waals surface area contributed by atoms with Crippen molar-refractivity contribution in [1.29, 1.82) is 0 Å². The molecule has 0 fully saturated rings. The van der Waals surface area contributed by atoms with E-state index in [2.05, 4.69) is 5.32 Å². The van der Waals surface area contributed by atoms with E-state index in [-0.39, 0.29) is 12.4 Å². The molecule has 0 spiro atoms. The van der Waals surface area contributed by atoms with Gasteiger partial charge in [0.25, 0.3) is 5.91 Å². The van der Waals surface area contributed by atoms with E-state index in [1.54, 1.807) is 24.3 Å². The Labute approximate surface area is 164 Å². The number of nitrogens with one attached hydrogen (secondary N) is 2. The third-order valence-electron chi connectivity index (χ3n) is 3.85. The van der Waals surface area contributed by atoms with Crippen molar-refractivity contribution < 1.29 is 27.5 Å². The molecule has 8 heteroatoms. The Kier molecular flexibility index (Phi) is 6.13. The summed E-state index contributed by atoms with van der Waals surface area (Å²) in [6, 6.07) is 14.1. The highest BCUT2D eigenvalue weighted by molar-refractivity contribution is 6.08. The molecule has 0 saturated heterocycles. The summed E-state index contributed by atoms with van der Waals surface area (Å²) in [6.45, 7) is 0.232. The first-order valence-electron chi connectivity index (χ1n) is 8.46. The molecule has 5 nitrogen and oxygen atoms in total. The molecule has 0 aliphatic heterocycles. The SMILES string of the molecule is O=C(NC(=O)c1c(F)cccc1F)Nc1ccc(OCc2ccc(F)cc2)cc1. The van der Waals surface area contributed by atoms with Crippen LogP contribution in [0, 0.1) is 17.5 Å². The number of hydrogen-bond donors (Lipinski definition) is 2. The number of anilines is 1. The maximum Gasteiger partial charge on any atom is 0.326 e. The van der Waals surface area contributed by atoms with E-state index in [0.717, 1.165) is 23.8 Å². The van der Waals surface area contributed by atoms with Crippen LogP contribution in [0.3, 0.4) is 0 Å². The number of carbonyl (C=O) groups is 2. The maximum atomic E-state index is 13.6. The quantitative estimate of drug-likeness (QED) is 0.656. The fourth-order valence-electron chi connectivity index (χ4n) is 2.42. The summed E-state index contributed by atoms with van der Waals surface area (Å²) in [4.78, 5) is 23.8. The summed E-state index contributed by atoms with van der Waals surface area (Å²) in [5.74, 6) is -3.17. The van der Waals surface area contributed by atoms with Gasteiger partial charge in [-0.25, -0.2) is 18.0 Å². The van der Waals surface area contributed by atoms with Crippen molar-refractivity contribution in [3.63, 3.8) is 0 Å². The Balaban J connectivity index is 1.54. The molecule has 0 unspecified atom stereocenters. The highest BCUT2D eigenvalue weighted by Crippen LogP contribution is 2.17. The van der Waals surface area contributed by atoms with Crippen LogP contribution in [-0.4, -0.2) is 11.9 Å². The minimum atomic E-state index is -1.20. The van der Waals surface area contributed by atoms with Gasteiger partial charge in [0.1, 0.15) is 35.4 Å². The molecular weight excluding hydrogens is 385 g/mol. The first kappa shape index (κ1) is 19.9. The highest BCUT2D eigenvalue weighted by atomic mass is 19.1. The van der Waals surface area contributed by atoms with Crippen molar-refractivity contribution in [2.75, 3.05) is 5.32 Å². The molecule has 0 atom stereocenters. The molecule has 29 heavy (non-hydrogen) atoms. The molecular formula is C21H15F3N2O3. The Hall–Kier alpha value is -3.81. The van der Waals surface area contributed by atoms with Gasteiger partial charge < -0.3 is 10.1 Å². The molecule has 0 bridgehead atoms. The van der Waals surface area contributed by atoms with Crippen molar-refractivity contribution in [2.45, 2.75) is 6.61 Å². The van der Waals surface area contributed by atoms with Crippen LogP contribution in [0.25, 0.3) is 0 Å². The van der Waals surface area contributed by atoms with Crippen LogP contribution in [-0.2, 0) is 6.61 Å². The number of ether oxygens (including phenoxy) is 1. The molecule has 0 aliphatic rings. The Bertz CT molecular complexity index is 1000. The van der Waals surface area contributed by atoms with Crippen molar-refractivity contribution >= 4 is 17.6 Å². The highest BCUT2D eigenvalue weighted by Gasteiger charge is 2.19. The summed E-state index contributed by atoms with van der Waals surface area (Å²) >= 11 is 0. The van der Waals surface area contributed by atoms with Gasteiger partial charge in [-0.1, -0.05) is 18.2 Å². The number of benzene rings is 3. The monoisotopic (exact) mass is 400 g/mol. The van der Waals surface area contributed by atoms with Gasteiger partial charge in [-0.2, -0.15) is 0 Å². The summed E-state index contributed by atoms with van der Waals surface area (Å²) < 4.78 is 45.6. The molecule has 3 rings (SSSR count). The third kappa shape index (κ3) is 5.35. The van der Waals surface area contributed by atoms with Crippen LogP contribution in [0.4, 0.5) is 23.7 Å². The van der Waals surface area contributed by atoms with Crippen LogP contribution in [0.2, 0.25) is 0 Å². The van der Waals surface area contributed by atoms with Gasteiger partial charge in [-0.3, -0.25) is 10.1 Å². The van der Waals surface area contributed by atoms with Crippen LogP contribution >= 0.6 is 0 Å². The Morgan fingerprint density at radius 2 is 1.45 bits per heavy atom. The fourth-order valence-corrected chi connectivity index (χ4v) is 2.42. The summed E-state index contributed by atoms with van der Waals surface area (Å²) in [6.07, 6.45) is 0. The standard InChI is InChI=1S/C21H15F3N2O3/c22-14-6-4-13(5-7-14)12-29-16-10-8-15(9-11-16)25-21(28)26-20(27)19-17(23)2-1-3-18(19)24/h1-11H,12H2,(H2,25,26,27,28). The largest absolute Gasteiger partial charge is 0.489 e. The van der Waals surface area contributed by atoms with E-state index >= 15 is 0 Å². The fraction of sp³-hybridized carbons (Fsp3) is 0.0476. The van der Waals surface area contributed by atoms with Gasteiger partial charge in [-0.15, -0.1) is 0 Å². The molecule has 3 amide bonds. The second-order valence-electron chi connectivity index (χ2n) is 5.94. The molecule has 0 aromatic heterocycles. The molecule has 0 saturated carbocycles. The average molecular weight is 400 g/mol. The third-order valence-corrected chi connectivity index (χ3v) is 3.85. The number of amides is 3. The number of imide groups is 1. The summed E-state index contributed by atoms with van der Waals surface area (Å²) in [5.41, 5.74) is 0.275. The van der Waals surface area contributed by atoms with E-state index in [1.807, 2.05) is 5.32 Å². The smallest absolute Gasteiger partial charge is 0.326 e. The zero-order chi connectivity index (χ0) is 20.8. The minimum absolute atomic E-state index is 0.232. The predicted octanol–water partition coefficient (Wildman–Crippen LogP) is 4.64. The van der Waals surface area contributed by atoms with Crippen LogP contribution in [0.5, 0.6) is 5.75 Å². The van der Waals surface area contributed by atoms with E-state index in [1.165, 1.54) is 24.3 Å². The van der Waals surface area contributed by atoms with Crippen LogP contribution in [0.1, 0.15) is 15.9 Å². The summed E-state index contributed by atoms with van der Waals surface area (Å²) in [5, 5.41) is 4.24. The number of urea groups is 1. The summed E-state index contributed by atoms with van der Waals surface area (Å²) in [7, 11) is 0. The Morgan fingerprint density at radius 1 is 0.828 bits per heavy atom. The maximum absolute atomic E-state index is 13.6. The van der Waals surface area contributed by atoms with Crippen molar-refractivity contribution in [3.05, 3.63) is 95.3 Å². The molecule has 3 aromatic carbocycles. The second-order valence-corrected chi connectivity index (χ2v) is 5.94. The zero-order valence-corrected chi connectivity index (χ0v) is 14.9. The lowest BCUT2D eigenvalue weighted by atomic mass is 10.2. The van der Waals surface area contributed by atoms with E-state index in [0.29, 0.717) is 11.4 Å². The van der Waals surface area contributed by atoms with Gasteiger partial charge in [0.05, 0.1) is 0 Å². The molecule has 2 N–H and O–H groups in total. The van der Waals surface area contributed by atoms with E-state index < -0.39 is 29.1 Å².